The molecule has 0 aliphatic carbocycles. The van der Waals surface area contributed by atoms with Crippen molar-refractivity contribution >= 4 is 15.9 Å². The number of rotatable bonds is 5. The van der Waals surface area contributed by atoms with Crippen LogP contribution in [0, 0.1) is 11.3 Å². The summed E-state index contributed by atoms with van der Waals surface area (Å²) in [6.45, 7) is 12.1. The number of hydrogen-bond donors (Lipinski definition) is 0. The first kappa shape index (κ1) is 14.5. The van der Waals surface area contributed by atoms with E-state index in [0.717, 1.165) is 17.3 Å². The fraction of sp³-hybridized carbons (Fsp3) is 1.00. The highest BCUT2D eigenvalue weighted by Crippen LogP contribution is 2.33. The maximum absolute atomic E-state index is 3.73. The molecular formula is C14H28BrN. The van der Waals surface area contributed by atoms with Gasteiger partial charge in [-0.15, -0.1) is 0 Å². The maximum Gasteiger partial charge on any atom is 0.01000 e. The predicted octanol–water partition coefficient (Wildman–Crippen LogP) is 4.31. The summed E-state index contributed by atoms with van der Waals surface area (Å²) in [6.07, 6.45) is 5.37. The first-order valence-electron chi connectivity index (χ1n) is 6.88. The van der Waals surface area contributed by atoms with Crippen molar-refractivity contribution in [3.8, 4) is 0 Å². The van der Waals surface area contributed by atoms with Gasteiger partial charge >= 0.3 is 0 Å². The van der Waals surface area contributed by atoms with Gasteiger partial charge in [0.2, 0.25) is 0 Å². The van der Waals surface area contributed by atoms with Crippen LogP contribution in [0.1, 0.15) is 53.4 Å². The van der Waals surface area contributed by atoms with Gasteiger partial charge in [-0.05, 0) is 50.5 Å². The Morgan fingerprint density at radius 1 is 1.25 bits per heavy atom. The van der Waals surface area contributed by atoms with Gasteiger partial charge in [0.05, 0.1) is 0 Å². The summed E-state index contributed by atoms with van der Waals surface area (Å²) in [5, 5.41) is 1.14. The van der Waals surface area contributed by atoms with E-state index in [2.05, 4.69) is 48.5 Å². The number of hydrogen-bond acceptors (Lipinski definition) is 1. The summed E-state index contributed by atoms with van der Waals surface area (Å²) >= 11 is 3.73. The molecule has 0 radical (unpaired) electrons. The number of halogens is 1. The van der Waals surface area contributed by atoms with Crippen LogP contribution in [0.25, 0.3) is 0 Å². The number of nitrogens with zero attached hydrogens (tertiary/aromatic N) is 1. The van der Waals surface area contributed by atoms with Gasteiger partial charge in [-0.1, -0.05) is 36.7 Å². The van der Waals surface area contributed by atoms with Crippen molar-refractivity contribution in [2.24, 2.45) is 11.3 Å². The van der Waals surface area contributed by atoms with Crippen molar-refractivity contribution < 1.29 is 0 Å². The van der Waals surface area contributed by atoms with E-state index in [-0.39, 0.29) is 0 Å². The van der Waals surface area contributed by atoms with E-state index in [9.17, 15) is 0 Å². The summed E-state index contributed by atoms with van der Waals surface area (Å²) in [5.74, 6) is 0.871. The molecule has 16 heavy (non-hydrogen) atoms. The molecular weight excluding hydrogens is 262 g/mol. The zero-order valence-corrected chi connectivity index (χ0v) is 13.0. The molecule has 0 N–H and O–H groups in total. The number of alkyl halides is 1. The molecule has 0 aromatic heterocycles. The van der Waals surface area contributed by atoms with Crippen LogP contribution < -0.4 is 0 Å². The molecule has 1 saturated heterocycles. The Hall–Kier alpha value is 0.440. The minimum absolute atomic E-state index is 0.491. The Labute approximate surface area is 110 Å². The Balaban J connectivity index is 2.63. The molecule has 1 fully saturated rings. The molecule has 1 rings (SSSR count). The van der Waals surface area contributed by atoms with Gasteiger partial charge in [-0.25, -0.2) is 0 Å². The lowest BCUT2D eigenvalue weighted by Crippen LogP contribution is -2.48. The molecule has 2 unspecified atom stereocenters. The normalized spacial score (nSPS) is 28.3. The van der Waals surface area contributed by atoms with Gasteiger partial charge in [0, 0.05) is 17.9 Å². The Morgan fingerprint density at radius 2 is 1.88 bits per heavy atom. The van der Waals surface area contributed by atoms with Crippen LogP contribution in [0.4, 0.5) is 0 Å². The monoisotopic (exact) mass is 289 g/mol. The molecule has 0 aromatic carbocycles. The Morgan fingerprint density at radius 3 is 2.38 bits per heavy atom. The van der Waals surface area contributed by atoms with E-state index in [1.165, 1.54) is 38.8 Å². The van der Waals surface area contributed by atoms with Crippen molar-refractivity contribution in [1.82, 2.24) is 4.90 Å². The second-order valence-electron chi connectivity index (χ2n) is 5.67. The number of piperidine rings is 1. The molecule has 2 heteroatoms. The first-order valence-corrected chi connectivity index (χ1v) is 8.00. The standard InChI is InChI=1S/C14H28BrN/c1-5-14(6-2,10-15)11-16-9-7-8-12(3)13(16)4/h12-13H,5-11H2,1-4H3. The predicted molar refractivity (Wildman–Crippen MR) is 76.2 cm³/mol. The zero-order valence-electron chi connectivity index (χ0n) is 11.4. The van der Waals surface area contributed by atoms with Crippen molar-refractivity contribution in [2.45, 2.75) is 59.4 Å². The average Bonchev–Trinajstić information content (AvgIpc) is 2.32. The summed E-state index contributed by atoms with van der Waals surface area (Å²) in [4.78, 5) is 2.72. The SMILES string of the molecule is CCC(CC)(CBr)CN1CCCC(C)C1C. The molecule has 1 nitrogen and oxygen atoms in total. The summed E-state index contributed by atoms with van der Waals surface area (Å²) < 4.78 is 0. The second-order valence-corrected chi connectivity index (χ2v) is 6.23. The average molecular weight is 290 g/mol. The highest BCUT2D eigenvalue weighted by Gasteiger charge is 2.32. The molecule has 0 spiro atoms. The smallest absolute Gasteiger partial charge is 0.01000 e. The van der Waals surface area contributed by atoms with E-state index in [4.69, 9.17) is 0 Å². The van der Waals surface area contributed by atoms with E-state index in [1.54, 1.807) is 0 Å². The molecule has 0 saturated carbocycles. The minimum atomic E-state index is 0.491. The van der Waals surface area contributed by atoms with Crippen LogP contribution in [0.5, 0.6) is 0 Å². The van der Waals surface area contributed by atoms with Crippen molar-refractivity contribution in [3.63, 3.8) is 0 Å². The summed E-state index contributed by atoms with van der Waals surface area (Å²) in [5.41, 5.74) is 0.491. The molecule has 1 aliphatic rings. The topological polar surface area (TPSA) is 3.24 Å². The van der Waals surface area contributed by atoms with Crippen LogP contribution in [-0.4, -0.2) is 29.4 Å². The van der Waals surface area contributed by atoms with Crippen LogP contribution in [0.2, 0.25) is 0 Å². The first-order chi connectivity index (χ1) is 7.58. The van der Waals surface area contributed by atoms with Crippen LogP contribution in [-0.2, 0) is 0 Å². The zero-order chi connectivity index (χ0) is 12.2. The van der Waals surface area contributed by atoms with Crippen LogP contribution in [0.3, 0.4) is 0 Å². The second kappa shape index (κ2) is 6.39. The lowest BCUT2D eigenvalue weighted by atomic mass is 9.82. The van der Waals surface area contributed by atoms with Gasteiger partial charge in [-0.3, -0.25) is 4.90 Å². The van der Waals surface area contributed by atoms with E-state index in [1.807, 2.05) is 0 Å². The number of likely N-dealkylation sites (tertiary alicyclic amines) is 1. The van der Waals surface area contributed by atoms with Crippen LogP contribution >= 0.6 is 15.9 Å². The van der Waals surface area contributed by atoms with E-state index < -0.39 is 0 Å². The molecule has 0 bridgehead atoms. The highest BCUT2D eigenvalue weighted by atomic mass is 79.9. The van der Waals surface area contributed by atoms with Crippen molar-refractivity contribution in [1.29, 1.82) is 0 Å². The van der Waals surface area contributed by atoms with E-state index >= 15 is 0 Å². The van der Waals surface area contributed by atoms with Gasteiger partial charge in [-0.2, -0.15) is 0 Å². The molecule has 0 aromatic rings. The minimum Gasteiger partial charge on any atom is -0.300 e. The van der Waals surface area contributed by atoms with Gasteiger partial charge < -0.3 is 0 Å². The van der Waals surface area contributed by atoms with Crippen molar-refractivity contribution in [2.75, 3.05) is 18.4 Å². The Bertz CT molecular complexity index is 193. The lowest BCUT2D eigenvalue weighted by molar-refractivity contribution is 0.0646. The van der Waals surface area contributed by atoms with Gasteiger partial charge in [0.25, 0.3) is 0 Å². The van der Waals surface area contributed by atoms with Crippen molar-refractivity contribution in [3.05, 3.63) is 0 Å². The van der Waals surface area contributed by atoms with Gasteiger partial charge in [0.1, 0.15) is 0 Å². The highest BCUT2D eigenvalue weighted by molar-refractivity contribution is 9.09. The Kier molecular flexibility index (Phi) is 5.79. The van der Waals surface area contributed by atoms with Gasteiger partial charge in [0.15, 0.2) is 0 Å². The molecule has 96 valence electrons. The largest absolute Gasteiger partial charge is 0.300 e. The lowest BCUT2D eigenvalue weighted by Gasteiger charge is -2.43. The van der Waals surface area contributed by atoms with E-state index in [0.29, 0.717) is 5.41 Å². The fourth-order valence-corrected chi connectivity index (χ4v) is 3.75. The molecule has 1 aliphatic heterocycles. The third kappa shape index (κ3) is 3.22. The third-order valence-electron chi connectivity index (χ3n) is 4.83. The molecule has 2 atom stereocenters. The molecule has 0 amide bonds. The maximum atomic E-state index is 3.73. The quantitative estimate of drug-likeness (QED) is 0.682. The fourth-order valence-electron chi connectivity index (χ4n) is 2.78. The van der Waals surface area contributed by atoms with Crippen LogP contribution in [0.15, 0.2) is 0 Å². The third-order valence-corrected chi connectivity index (χ3v) is 6.02. The summed E-state index contributed by atoms with van der Waals surface area (Å²) in [7, 11) is 0. The molecule has 1 heterocycles. The summed E-state index contributed by atoms with van der Waals surface area (Å²) in [6, 6.07) is 0.769.